The number of aromatic nitrogens is 1. The molecule has 0 aliphatic carbocycles. The van der Waals surface area contributed by atoms with Gasteiger partial charge in [0.05, 0.1) is 7.11 Å². The molecule has 0 bridgehead atoms. The molecule has 0 aliphatic rings. The second kappa shape index (κ2) is 6.72. The summed E-state index contributed by atoms with van der Waals surface area (Å²) in [7, 11) is 1.32. The van der Waals surface area contributed by atoms with E-state index in [1.807, 2.05) is 18.2 Å². The molecule has 4 nitrogen and oxygen atoms in total. The van der Waals surface area contributed by atoms with Gasteiger partial charge in [-0.15, -0.1) is 0 Å². The molecule has 0 unspecified atom stereocenters. The van der Waals surface area contributed by atoms with Crippen molar-refractivity contribution in [2.45, 2.75) is 19.8 Å². The van der Waals surface area contributed by atoms with E-state index in [1.54, 1.807) is 0 Å². The smallest absolute Gasteiger partial charge is 0.351 e. The number of nitrogens with zero attached hydrogens (tertiary/aromatic N) is 1. The Morgan fingerprint density at radius 3 is 2.90 bits per heavy atom. The highest BCUT2D eigenvalue weighted by atomic mass is 35.5. The van der Waals surface area contributed by atoms with Crippen LogP contribution in [0.1, 0.15) is 28.6 Å². The van der Waals surface area contributed by atoms with E-state index in [2.05, 4.69) is 28.0 Å². The Labute approximate surface area is 126 Å². The third kappa shape index (κ3) is 3.29. The van der Waals surface area contributed by atoms with Crippen LogP contribution < -0.4 is 5.32 Å². The van der Waals surface area contributed by atoms with Crippen LogP contribution in [0.3, 0.4) is 0 Å². The van der Waals surface area contributed by atoms with Crippen LogP contribution in [0, 0.1) is 0 Å². The number of para-hydroxylation sites is 1. The fourth-order valence-corrected chi connectivity index (χ4v) is 2.93. The van der Waals surface area contributed by atoms with Crippen molar-refractivity contribution in [3.8, 4) is 0 Å². The Morgan fingerprint density at radius 2 is 2.20 bits per heavy atom. The summed E-state index contributed by atoms with van der Waals surface area (Å²) in [6, 6.07) is 8.02. The van der Waals surface area contributed by atoms with E-state index in [4.69, 9.17) is 11.6 Å². The van der Waals surface area contributed by atoms with Gasteiger partial charge in [-0.1, -0.05) is 54.5 Å². The Bertz CT molecular complexity index is 613. The molecular formula is C14H15ClN2O2S. The Hall–Kier alpha value is -1.59. The number of ether oxygens (including phenoxy) is 1. The van der Waals surface area contributed by atoms with Gasteiger partial charge in [0, 0.05) is 5.69 Å². The van der Waals surface area contributed by atoms with Gasteiger partial charge in [-0.05, 0) is 18.1 Å². The predicted octanol–water partition coefficient (Wildman–Crippen LogP) is 4.28. The molecular weight excluding hydrogens is 296 g/mol. The second-order valence-corrected chi connectivity index (χ2v) is 5.52. The lowest BCUT2D eigenvalue weighted by molar-refractivity contribution is 0.0606. The van der Waals surface area contributed by atoms with Crippen molar-refractivity contribution >= 4 is 39.7 Å². The molecule has 1 heterocycles. The van der Waals surface area contributed by atoms with Crippen LogP contribution in [0.2, 0.25) is 5.15 Å². The number of rotatable bonds is 5. The number of thiazole rings is 1. The number of anilines is 2. The number of methoxy groups -OCH3 is 1. The molecule has 0 saturated heterocycles. The van der Waals surface area contributed by atoms with Crippen molar-refractivity contribution in [3.05, 3.63) is 39.9 Å². The lowest BCUT2D eigenvalue weighted by Gasteiger charge is -2.08. The lowest BCUT2D eigenvalue weighted by atomic mass is 10.1. The molecule has 2 aromatic rings. The van der Waals surface area contributed by atoms with Gasteiger partial charge in [-0.25, -0.2) is 9.78 Å². The van der Waals surface area contributed by atoms with Gasteiger partial charge < -0.3 is 10.1 Å². The minimum atomic E-state index is -0.470. The monoisotopic (exact) mass is 310 g/mol. The third-order valence-corrected chi connectivity index (χ3v) is 4.07. The van der Waals surface area contributed by atoms with Crippen molar-refractivity contribution in [3.63, 3.8) is 0 Å². The van der Waals surface area contributed by atoms with E-state index in [0.717, 1.165) is 18.5 Å². The molecule has 106 valence electrons. The summed E-state index contributed by atoms with van der Waals surface area (Å²) >= 11 is 7.13. The highest BCUT2D eigenvalue weighted by Gasteiger charge is 2.17. The highest BCUT2D eigenvalue weighted by Crippen LogP contribution is 2.30. The fourth-order valence-electron chi connectivity index (χ4n) is 1.82. The molecule has 1 N–H and O–H groups in total. The van der Waals surface area contributed by atoms with Crippen LogP contribution >= 0.6 is 22.9 Å². The van der Waals surface area contributed by atoms with Crippen molar-refractivity contribution < 1.29 is 9.53 Å². The fraction of sp³-hybridized carbons (Fsp3) is 0.286. The molecule has 2 rings (SSSR count). The van der Waals surface area contributed by atoms with Crippen molar-refractivity contribution in [1.29, 1.82) is 0 Å². The summed E-state index contributed by atoms with van der Waals surface area (Å²) in [6.45, 7) is 2.13. The topological polar surface area (TPSA) is 51.2 Å². The number of carbonyl (C=O) groups excluding carboxylic acids is 1. The SMILES string of the molecule is CCCc1ccccc1Nc1nc(Cl)c(C(=O)OC)s1. The number of halogens is 1. The van der Waals surface area contributed by atoms with Gasteiger partial charge in [0.25, 0.3) is 0 Å². The number of hydrogen-bond donors (Lipinski definition) is 1. The standard InChI is InChI=1S/C14H15ClN2O2S/c1-3-6-9-7-4-5-8-10(9)16-14-17-12(15)11(20-14)13(18)19-2/h4-5,7-8H,3,6H2,1-2H3,(H,16,17). The first-order valence-corrected chi connectivity index (χ1v) is 7.44. The summed E-state index contributed by atoms with van der Waals surface area (Å²) in [6.07, 6.45) is 2.04. The molecule has 0 radical (unpaired) electrons. The molecule has 20 heavy (non-hydrogen) atoms. The van der Waals surface area contributed by atoms with Crippen molar-refractivity contribution in [1.82, 2.24) is 4.98 Å². The summed E-state index contributed by atoms with van der Waals surface area (Å²) in [5, 5.41) is 3.96. The van der Waals surface area contributed by atoms with Gasteiger partial charge in [0.15, 0.2) is 15.2 Å². The molecule has 6 heteroatoms. The van der Waals surface area contributed by atoms with Crippen molar-refractivity contribution in [2.75, 3.05) is 12.4 Å². The van der Waals surface area contributed by atoms with E-state index in [-0.39, 0.29) is 5.15 Å². The molecule has 0 aliphatic heterocycles. The largest absolute Gasteiger partial charge is 0.465 e. The summed E-state index contributed by atoms with van der Waals surface area (Å²) < 4.78 is 4.66. The van der Waals surface area contributed by atoms with E-state index in [9.17, 15) is 4.79 Å². The maximum atomic E-state index is 11.5. The van der Waals surface area contributed by atoms with Crippen LogP contribution in [-0.2, 0) is 11.2 Å². The van der Waals surface area contributed by atoms with Crippen LogP contribution in [-0.4, -0.2) is 18.1 Å². The summed E-state index contributed by atoms with van der Waals surface area (Å²) in [5.41, 5.74) is 2.19. The zero-order valence-corrected chi connectivity index (χ0v) is 12.8. The van der Waals surface area contributed by atoms with Crippen LogP contribution in [0.4, 0.5) is 10.8 Å². The average molecular weight is 311 g/mol. The summed E-state index contributed by atoms with van der Waals surface area (Å²) in [4.78, 5) is 16.0. The molecule has 1 aromatic carbocycles. The Morgan fingerprint density at radius 1 is 1.45 bits per heavy atom. The molecule has 0 fully saturated rings. The lowest BCUT2D eigenvalue weighted by Crippen LogP contribution is -1.98. The quantitative estimate of drug-likeness (QED) is 0.837. The Kier molecular flexibility index (Phi) is 4.98. The predicted molar refractivity (Wildman–Crippen MR) is 82.2 cm³/mol. The molecule has 0 saturated carbocycles. The maximum Gasteiger partial charge on any atom is 0.351 e. The minimum absolute atomic E-state index is 0.164. The number of nitrogens with one attached hydrogen (secondary N) is 1. The van der Waals surface area contributed by atoms with Gasteiger partial charge in [-0.3, -0.25) is 0 Å². The first-order chi connectivity index (χ1) is 9.65. The zero-order chi connectivity index (χ0) is 14.5. The zero-order valence-electron chi connectivity index (χ0n) is 11.3. The van der Waals surface area contributed by atoms with Crippen molar-refractivity contribution in [2.24, 2.45) is 0 Å². The number of hydrogen-bond acceptors (Lipinski definition) is 5. The number of esters is 1. The average Bonchev–Trinajstić information content (AvgIpc) is 2.81. The number of aryl methyl sites for hydroxylation is 1. The molecule has 0 atom stereocenters. The van der Waals surface area contributed by atoms with E-state index >= 15 is 0 Å². The highest BCUT2D eigenvalue weighted by molar-refractivity contribution is 7.18. The second-order valence-electron chi connectivity index (χ2n) is 4.16. The van der Waals surface area contributed by atoms with Gasteiger partial charge in [0.2, 0.25) is 0 Å². The molecule has 0 amide bonds. The minimum Gasteiger partial charge on any atom is -0.465 e. The van der Waals surface area contributed by atoms with E-state index < -0.39 is 5.97 Å². The normalized spacial score (nSPS) is 10.3. The Balaban J connectivity index is 2.24. The number of benzene rings is 1. The van der Waals surface area contributed by atoms with Crippen LogP contribution in [0.15, 0.2) is 24.3 Å². The summed E-state index contributed by atoms with van der Waals surface area (Å²) in [5.74, 6) is -0.470. The first kappa shape index (κ1) is 14.8. The van der Waals surface area contributed by atoms with E-state index in [0.29, 0.717) is 10.0 Å². The molecule has 1 aromatic heterocycles. The molecule has 0 spiro atoms. The van der Waals surface area contributed by atoms with Gasteiger partial charge in [0.1, 0.15) is 0 Å². The third-order valence-electron chi connectivity index (χ3n) is 2.73. The van der Waals surface area contributed by atoms with Gasteiger partial charge >= 0.3 is 5.97 Å². The van der Waals surface area contributed by atoms with Crippen LogP contribution in [0.25, 0.3) is 0 Å². The first-order valence-electron chi connectivity index (χ1n) is 6.25. The number of carbonyl (C=O) groups is 1. The van der Waals surface area contributed by atoms with E-state index in [1.165, 1.54) is 24.0 Å². The maximum absolute atomic E-state index is 11.5. The van der Waals surface area contributed by atoms with Crippen LogP contribution in [0.5, 0.6) is 0 Å². The van der Waals surface area contributed by atoms with Gasteiger partial charge in [-0.2, -0.15) is 0 Å².